The summed E-state index contributed by atoms with van der Waals surface area (Å²) in [7, 11) is -4.43. The van der Waals surface area contributed by atoms with Crippen LogP contribution in [0.3, 0.4) is 0 Å². The minimum Gasteiger partial charge on any atom is -0.350 e. The molecular weight excluding hydrogens is 391 g/mol. The molecule has 1 aromatic carbocycles. The number of carbonyl (C=O) groups is 2. The third kappa shape index (κ3) is 2.86. The number of hydrogen-bond acceptors (Lipinski definition) is 7. The minimum atomic E-state index is -4.43. The summed E-state index contributed by atoms with van der Waals surface area (Å²) in [5.41, 5.74) is 1.69. The molecule has 2 heterocycles. The number of ketones is 2. The molecule has 7 nitrogen and oxygen atoms in total. The molecule has 0 fully saturated rings. The van der Waals surface area contributed by atoms with Gasteiger partial charge in [-0.25, -0.2) is 0 Å². The topological polar surface area (TPSA) is 113 Å². The first-order chi connectivity index (χ1) is 11.8. The van der Waals surface area contributed by atoms with Gasteiger partial charge in [-0.1, -0.05) is 12.2 Å². The molecule has 0 saturated heterocycles. The quantitative estimate of drug-likeness (QED) is 0.266. The van der Waals surface area contributed by atoms with Crippen LogP contribution in [0.2, 0.25) is 0 Å². The standard InChI is InChI=1S/C16H10N2O5S2.Al.3H/c19-15-9-5-7(24)1-3-11(9)17-13(15)14-16(20)10-6-8(25(21,22)23)2-4-12(10)18-14;;;;/h1-4,6,17-18H,5H2,(H,21,22,23);;;;/b14-13+;;;;. The fourth-order valence-electron chi connectivity index (χ4n) is 2.93. The van der Waals surface area contributed by atoms with Gasteiger partial charge in [0.15, 0.2) is 17.4 Å². The Bertz CT molecular complexity index is 1100. The molecule has 2 aliphatic heterocycles. The monoisotopic (exact) mass is 404 g/mol. The van der Waals surface area contributed by atoms with Crippen LogP contribution in [-0.4, -0.2) is 46.8 Å². The lowest BCUT2D eigenvalue weighted by Gasteiger charge is -2.06. The van der Waals surface area contributed by atoms with Gasteiger partial charge in [0.1, 0.15) is 11.4 Å². The average molecular weight is 404 g/mol. The van der Waals surface area contributed by atoms with Gasteiger partial charge in [-0.05, 0) is 30.4 Å². The van der Waals surface area contributed by atoms with Gasteiger partial charge in [0, 0.05) is 28.1 Å². The largest absolute Gasteiger partial charge is 0.350 e. The molecule has 0 spiro atoms. The highest BCUT2D eigenvalue weighted by atomic mass is 32.2. The van der Waals surface area contributed by atoms with Crippen LogP contribution in [0.1, 0.15) is 16.8 Å². The molecule has 0 amide bonds. The maximum Gasteiger partial charge on any atom is 0.294 e. The number of fused-ring (bicyclic) bond motifs is 1. The zero-order valence-electron chi connectivity index (χ0n) is 12.5. The van der Waals surface area contributed by atoms with E-state index in [2.05, 4.69) is 10.6 Å². The van der Waals surface area contributed by atoms with Gasteiger partial charge in [0.25, 0.3) is 10.1 Å². The van der Waals surface area contributed by atoms with Crippen molar-refractivity contribution in [2.75, 3.05) is 5.32 Å². The number of carbonyl (C=O) groups excluding carboxylic acids is 2. The molecule has 4 rings (SSSR count). The van der Waals surface area contributed by atoms with Crippen LogP contribution in [0.15, 0.2) is 57.9 Å². The Balaban J connectivity index is 0.00000196. The zero-order valence-corrected chi connectivity index (χ0v) is 14.1. The highest BCUT2D eigenvalue weighted by Gasteiger charge is 2.36. The predicted molar refractivity (Wildman–Crippen MR) is 103 cm³/mol. The van der Waals surface area contributed by atoms with Crippen LogP contribution in [0.4, 0.5) is 5.69 Å². The van der Waals surface area contributed by atoms with Crippen molar-refractivity contribution in [1.29, 1.82) is 0 Å². The zero-order chi connectivity index (χ0) is 17.9. The molecule has 26 heavy (non-hydrogen) atoms. The van der Waals surface area contributed by atoms with Gasteiger partial charge < -0.3 is 10.6 Å². The Morgan fingerprint density at radius 3 is 2.42 bits per heavy atom. The molecule has 3 N–H and O–H groups in total. The van der Waals surface area contributed by atoms with Crippen molar-refractivity contribution < 1.29 is 22.6 Å². The summed E-state index contributed by atoms with van der Waals surface area (Å²) in [6.45, 7) is 0. The lowest BCUT2D eigenvalue weighted by atomic mass is 9.99. The Hall–Kier alpha value is -2.09. The van der Waals surface area contributed by atoms with Crippen molar-refractivity contribution in [3.8, 4) is 0 Å². The molecule has 3 aliphatic rings. The van der Waals surface area contributed by atoms with Crippen molar-refractivity contribution in [3.05, 3.63) is 58.6 Å². The first-order valence-electron chi connectivity index (χ1n) is 7.19. The summed E-state index contributed by atoms with van der Waals surface area (Å²) in [5.74, 6) is -0.844. The molecule has 0 radical (unpaired) electrons. The van der Waals surface area contributed by atoms with E-state index in [1.165, 1.54) is 12.1 Å². The summed E-state index contributed by atoms with van der Waals surface area (Å²) in [5, 5.41) is 5.77. The second kappa shape index (κ2) is 6.26. The van der Waals surface area contributed by atoms with Crippen LogP contribution in [0.25, 0.3) is 0 Å². The van der Waals surface area contributed by atoms with Crippen LogP contribution >= 0.6 is 12.2 Å². The molecule has 0 saturated carbocycles. The highest BCUT2D eigenvalue weighted by molar-refractivity contribution is 7.85. The Kier molecular flexibility index (Phi) is 4.50. The van der Waals surface area contributed by atoms with Crippen LogP contribution in [0.5, 0.6) is 0 Å². The van der Waals surface area contributed by atoms with Crippen LogP contribution in [0, 0.1) is 0 Å². The van der Waals surface area contributed by atoms with E-state index in [0.29, 0.717) is 28.2 Å². The van der Waals surface area contributed by atoms with Gasteiger partial charge in [-0.15, -0.1) is 0 Å². The van der Waals surface area contributed by atoms with E-state index < -0.39 is 15.9 Å². The van der Waals surface area contributed by atoms with Crippen molar-refractivity contribution in [3.63, 3.8) is 0 Å². The molecular formula is C16H13AlN2O5S2. The van der Waals surface area contributed by atoms with Crippen molar-refractivity contribution in [1.82, 2.24) is 5.32 Å². The summed E-state index contributed by atoms with van der Waals surface area (Å²) in [6.07, 6.45) is 3.74. The van der Waals surface area contributed by atoms with E-state index >= 15 is 0 Å². The van der Waals surface area contributed by atoms with Crippen LogP contribution in [-0.2, 0) is 14.9 Å². The van der Waals surface area contributed by atoms with E-state index in [1.807, 2.05) is 0 Å². The van der Waals surface area contributed by atoms with E-state index in [0.717, 1.165) is 6.07 Å². The molecule has 0 atom stereocenters. The van der Waals surface area contributed by atoms with E-state index in [4.69, 9.17) is 16.8 Å². The lowest BCUT2D eigenvalue weighted by molar-refractivity contribution is -0.112. The smallest absolute Gasteiger partial charge is 0.294 e. The number of nitrogens with one attached hydrogen (secondary N) is 2. The highest BCUT2D eigenvalue weighted by Crippen LogP contribution is 2.34. The van der Waals surface area contributed by atoms with Crippen molar-refractivity contribution >= 4 is 61.8 Å². The first-order valence-corrected chi connectivity index (χ1v) is 9.04. The fourth-order valence-corrected chi connectivity index (χ4v) is 3.65. The number of benzene rings is 1. The Morgan fingerprint density at radius 2 is 1.73 bits per heavy atom. The molecule has 0 bridgehead atoms. The van der Waals surface area contributed by atoms with Gasteiger partial charge in [0.05, 0.1) is 10.6 Å². The van der Waals surface area contributed by atoms with E-state index in [1.54, 1.807) is 12.2 Å². The normalized spacial score (nSPS) is 21.2. The number of allylic oxidation sites excluding steroid dienone is 4. The summed E-state index contributed by atoms with van der Waals surface area (Å²) >= 11 is 5.11. The summed E-state index contributed by atoms with van der Waals surface area (Å²) in [6, 6.07) is 3.62. The number of rotatable bonds is 1. The van der Waals surface area contributed by atoms with Gasteiger partial charge in [-0.2, -0.15) is 8.42 Å². The number of anilines is 1. The fraction of sp³-hybridized carbons (Fsp3) is 0.0625. The first kappa shape index (κ1) is 18.7. The van der Waals surface area contributed by atoms with Crippen molar-refractivity contribution in [2.24, 2.45) is 0 Å². The third-order valence-electron chi connectivity index (χ3n) is 4.14. The number of hydrogen-bond donors (Lipinski definition) is 3. The molecule has 0 aromatic heterocycles. The van der Waals surface area contributed by atoms with E-state index in [-0.39, 0.29) is 45.0 Å². The predicted octanol–water partition coefficient (Wildman–Crippen LogP) is 0.325. The Labute approximate surface area is 164 Å². The molecule has 132 valence electrons. The second-order valence-electron chi connectivity index (χ2n) is 5.71. The molecule has 10 heteroatoms. The third-order valence-corrected chi connectivity index (χ3v) is 5.27. The lowest BCUT2D eigenvalue weighted by Crippen LogP contribution is -2.18. The SMILES string of the molecule is O=C1C2=C(C=CC(=S)C2)N/C1=C1/Nc2ccc(S(=O)(=O)O)cc2C1=O.[AlH3]. The second-order valence-corrected chi connectivity index (χ2v) is 7.66. The maximum atomic E-state index is 12.6. The Morgan fingerprint density at radius 1 is 1.04 bits per heavy atom. The average Bonchev–Trinajstić information content (AvgIpc) is 3.04. The molecule has 1 aliphatic carbocycles. The van der Waals surface area contributed by atoms with Gasteiger partial charge in [0.2, 0.25) is 11.6 Å². The van der Waals surface area contributed by atoms with Crippen LogP contribution < -0.4 is 10.6 Å². The van der Waals surface area contributed by atoms with E-state index in [9.17, 15) is 18.0 Å². The number of Topliss-reactive ketones (excluding diaryl/α,β-unsaturated/α-hetero) is 2. The maximum absolute atomic E-state index is 12.6. The summed E-state index contributed by atoms with van der Waals surface area (Å²) < 4.78 is 31.6. The molecule has 1 aromatic rings. The van der Waals surface area contributed by atoms with Crippen molar-refractivity contribution in [2.45, 2.75) is 11.3 Å². The molecule has 0 unspecified atom stereocenters. The summed E-state index contributed by atoms with van der Waals surface area (Å²) in [4.78, 5) is 25.5. The van der Waals surface area contributed by atoms with Gasteiger partial charge >= 0.3 is 0 Å². The number of thiocarbonyl (C=S) groups is 1. The van der Waals surface area contributed by atoms with Gasteiger partial charge in [-0.3, -0.25) is 14.1 Å². The minimum absolute atomic E-state index is 0.